The number of nitrogens with zero attached hydrogens (tertiary/aromatic N) is 1. The minimum atomic E-state index is -0.684. The summed E-state index contributed by atoms with van der Waals surface area (Å²) >= 11 is 3.39. The molecule has 2 aromatic carbocycles. The normalized spacial score (nSPS) is 11.5. The third-order valence-electron chi connectivity index (χ3n) is 2.82. The van der Waals surface area contributed by atoms with E-state index in [0.29, 0.717) is 11.3 Å². The molecule has 0 spiro atoms. The van der Waals surface area contributed by atoms with Crippen LogP contribution in [0.5, 0.6) is 5.75 Å². The molecule has 0 radical (unpaired) electrons. The summed E-state index contributed by atoms with van der Waals surface area (Å²) in [4.78, 5) is 0. The molecule has 0 aliphatic rings. The maximum atomic E-state index is 13.6. The minimum Gasteiger partial charge on any atom is -0.497 e. The number of anilines is 1. The fraction of sp³-hybridized carbons (Fsp3) is 0.133. The van der Waals surface area contributed by atoms with E-state index in [4.69, 9.17) is 4.74 Å². The van der Waals surface area contributed by atoms with Crippen LogP contribution in [0.2, 0.25) is 0 Å². The van der Waals surface area contributed by atoms with Crippen LogP contribution in [-0.2, 0) is 0 Å². The van der Waals surface area contributed by atoms with Crippen molar-refractivity contribution >= 4 is 21.6 Å². The van der Waals surface area contributed by atoms with Crippen LogP contribution in [0, 0.1) is 17.1 Å². The highest BCUT2D eigenvalue weighted by Crippen LogP contribution is 2.30. The number of rotatable bonds is 4. The molecular weight excluding hydrogens is 323 g/mol. The molecule has 0 aromatic heterocycles. The van der Waals surface area contributed by atoms with Crippen molar-refractivity contribution in [1.82, 2.24) is 0 Å². The molecule has 0 aliphatic heterocycles. The molecule has 3 nitrogen and oxygen atoms in total. The molecule has 20 heavy (non-hydrogen) atoms. The van der Waals surface area contributed by atoms with E-state index >= 15 is 0 Å². The summed E-state index contributed by atoms with van der Waals surface area (Å²) in [5, 5.41) is 12.2. The van der Waals surface area contributed by atoms with Crippen molar-refractivity contribution < 1.29 is 9.13 Å². The topological polar surface area (TPSA) is 45.0 Å². The van der Waals surface area contributed by atoms with Crippen LogP contribution in [0.1, 0.15) is 11.6 Å². The number of nitrogens with one attached hydrogen (secondary N) is 1. The maximum Gasteiger partial charge on any atom is 0.146 e. The summed E-state index contributed by atoms with van der Waals surface area (Å²) in [6, 6.07) is 13.0. The zero-order valence-corrected chi connectivity index (χ0v) is 12.3. The maximum absolute atomic E-state index is 13.6. The predicted molar refractivity (Wildman–Crippen MR) is 79.1 cm³/mol. The molecule has 2 rings (SSSR count). The van der Waals surface area contributed by atoms with Gasteiger partial charge in [-0.05, 0) is 30.3 Å². The fourth-order valence-electron chi connectivity index (χ4n) is 1.78. The number of ether oxygens (including phenoxy) is 1. The molecule has 0 bridgehead atoms. The molecule has 2 aromatic rings. The number of methoxy groups -OCH3 is 1. The highest BCUT2D eigenvalue weighted by atomic mass is 79.9. The van der Waals surface area contributed by atoms with Crippen LogP contribution in [0.15, 0.2) is 46.9 Å². The van der Waals surface area contributed by atoms with Gasteiger partial charge in [0, 0.05) is 10.0 Å². The largest absolute Gasteiger partial charge is 0.497 e. The zero-order valence-electron chi connectivity index (χ0n) is 10.7. The molecule has 102 valence electrons. The Balaban J connectivity index is 2.34. The first-order valence-electron chi connectivity index (χ1n) is 5.90. The van der Waals surface area contributed by atoms with E-state index in [9.17, 15) is 9.65 Å². The van der Waals surface area contributed by atoms with Gasteiger partial charge in [0.2, 0.25) is 0 Å². The Morgan fingerprint density at radius 2 is 2.05 bits per heavy atom. The molecule has 0 heterocycles. The molecule has 1 atom stereocenters. The lowest BCUT2D eigenvalue weighted by Crippen LogP contribution is -2.10. The van der Waals surface area contributed by atoms with E-state index in [0.717, 1.165) is 4.47 Å². The summed E-state index contributed by atoms with van der Waals surface area (Å²) in [5.41, 5.74) is 0.976. The van der Waals surface area contributed by atoms with Gasteiger partial charge in [0.1, 0.15) is 17.6 Å². The van der Waals surface area contributed by atoms with Gasteiger partial charge in [-0.1, -0.05) is 28.1 Å². The quantitative estimate of drug-likeness (QED) is 0.907. The summed E-state index contributed by atoms with van der Waals surface area (Å²) in [6.45, 7) is 0. The third kappa shape index (κ3) is 3.09. The van der Waals surface area contributed by atoms with Gasteiger partial charge < -0.3 is 10.1 Å². The highest BCUT2D eigenvalue weighted by Gasteiger charge is 2.16. The summed E-state index contributed by atoms with van der Waals surface area (Å²) < 4.78 is 19.5. The second-order valence-electron chi connectivity index (χ2n) is 4.07. The Labute approximate surface area is 125 Å². The number of hydrogen-bond donors (Lipinski definition) is 1. The van der Waals surface area contributed by atoms with Gasteiger partial charge >= 0.3 is 0 Å². The highest BCUT2D eigenvalue weighted by molar-refractivity contribution is 9.10. The molecular formula is C15H12BrFN2O. The average Bonchev–Trinajstić information content (AvgIpc) is 2.47. The Hall–Kier alpha value is -2.06. The SMILES string of the molecule is COc1ccc(Br)c(C(C#N)Nc2ccccc2F)c1. The lowest BCUT2D eigenvalue weighted by molar-refractivity contribution is 0.414. The van der Waals surface area contributed by atoms with Crippen molar-refractivity contribution in [3.05, 3.63) is 58.3 Å². The van der Waals surface area contributed by atoms with Crippen LogP contribution in [0.25, 0.3) is 0 Å². The summed E-state index contributed by atoms with van der Waals surface area (Å²) in [6.07, 6.45) is 0. The lowest BCUT2D eigenvalue weighted by Gasteiger charge is -2.16. The second-order valence-corrected chi connectivity index (χ2v) is 4.93. The first kappa shape index (κ1) is 14.4. The first-order chi connectivity index (χ1) is 9.65. The number of para-hydroxylation sites is 1. The Bertz CT molecular complexity index is 655. The lowest BCUT2D eigenvalue weighted by atomic mass is 10.1. The van der Waals surface area contributed by atoms with Crippen LogP contribution in [0.4, 0.5) is 10.1 Å². The van der Waals surface area contributed by atoms with Gasteiger partial charge in [-0.25, -0.2) is 4.39 Å². The minimum absolute atomic E-state index is 0.286. The first-order valence-corrected chi connectivity index (χ1v) is 6.69. The Morgan fingerprint density at radius 3 is 2.70 bits per heavy atom. The monoisotopic (exact) mass is 334 g/mol. The average molecular weight is 335 g/mol. The standard InChI is InChI=1S/C15H12BrFN2O/c1-20-10-6-7-12(16)11(8-10)15(9-18)19-14-5-3-2-4-13(14)17/h2-8,15,19H,1H3. The number of nitriles is 1. The Morgan fingerprint density at radius 1 is 1.30 bits per heavy atom. The smallest absolute Gasteiger partial charge is 0.146 e. The molecule has 0 fully saturated rings. The van der Waals surface area contributed by atoms with Crippen LogP contribution in [0.3, 0.4) is 0 Å². The van der Waals surface area contributed by atoms with E-state index in [1.807, 2.05) is 0 Å². The van der Waals surface area contributed by atoms with E-state index in [2.05, 4.69) is 27.3 Å². The molecule has 1 N–H and O–H groups in total. The van der Waals surface area contributed by atoms with Crippen molar-refractivity contribution in [2.24, 2.45) is 0 Å². The molecule has 0 amide bonds. The zero-order chi connectivity index (χ0) is 14.5. The van der Waals surface area contributed by atoms with Crippen LogP contribution < -0.4 is 10.1 Å². The van der Waals surface area contributed by atoms with Crippen molar-refractivity contribution in [1.29, 1.82) is 5.26 Å². The number of halogens is 2. The number of benzene rings is 2. The van der Waals surface area contributed by atoms with Crippen molar-refractivity contribution in [2.45, 2.75) is 6.04 Å². The van der Waals surface area contributed by atoms with Crippen LogP contribution in [-0.4, -0.2) is 7.11 Å². The van der Waals surface area contributed by atoms with Crippen molar-refractivity contribution in [2.75, 3.05) is 12.4 Å². The van der Waals surface area contributed by atoms with E-state index in [1.54, 1.807) is 43.5 Å². The van der Waals surface area contributed by atoms with Gasteiger partial charge in [0.25, 0.3) is 0 Å². The summed E-state index contributed by atoms with van der Waals surface area (Å²) in [5.74, 6) is 0.241. The molecule has 5 heteroatoms. The van der Waals surface area contributed by atoms with Gasteiger partial charge in [-0.3, -0.25) is 0 Å². The molecule has 0 aliphatic carbocycles. The summed E-state index contributed by atoms with van der Waals surface area (Å²) in [7, 11) is 1.55. The van der Waals surface area contributed by atoms with E-state index in [-0.39, 0.29) is 5.69 Å². The third-order valence-corrected chi connectivity index (χ3v) is 3.54. The van der Waals surface area contributed by atoms with Crippen molar-refractivity contribution in [3.8, 4) is 11.8 Å². The van der Waals surface area contributed by atoms with Crippen LogP contribution >= 0.6 is 15.9 Å². The van der Waals surface area contributed by atoms with Gasteiger partial charge in [-0.2, -0.15) is 5.26 Å². The molecule has 0 saturated carbocycles. The molecule has 0 saturated heterocycles. The van der Waals surface area contributed by atoms with E-state index in [1.165, 1.54) is 6.07 Å². The predicted octanol–water partition coefficient (Wildman–Crippen LogP) is 4.27. The van der Waals surface area contributed by atoms with Gasteiger partial charge in [0.15, 0.2) is 0 Å². The van der Waals surface area contributed by atoms with Crippen molar-refractivity contribution in [3.63, 3.8) is 0 Å². The number of hydrogen-bond acceptors (Lipinski definition) is 3. The Kier molecular flexibility index (Phi) is 4.59. The van der Waals surface area contributed by atoms with E-state index < -0.39 is 11.9 Å². The molecule has 1 unspecified atom stereocenters. The fourth-order valence-corrected chi connectivity index (χ4v) is 2.26. The second kappa shape index (κ2) is 6.40. The van der Waals surface area contributed by atoms with Gasteiger partial charge in [0.05, 0.1) is 18.9 Å². The van der Waals surface area contributed by atoms with Gasteiger partial charge in [-0.15, -0.1) is 0 Å².